The second kappa shape index (κ2) is 8.55. The summed E-state index contributed by atoms with van der Waals surface area (Å²) in [5.41, 5.74) is 0.659. The Hall–Kier alpha value is -2.75. The van der Waals surface area contributed by atoms with Gasteiger partial charge >= 0.3 is 0 Å². The van der Waals surface area contributed by atoms with E-state index in [0.29, 0.717) is 5.02 Å². The van der Waals surface area contributed by atoms with Gasteiger partial charge in [0.1, 0.15) is 0 Å². The third-order valence-electron chi connectivity index (χ3n) is 4.52. The van der Waals surface area contributed by atoms with E-state index in [1.54, 1.807) is 13.8 Å². The molecule has 0 saturated heterocycles. The van der Waals surface area contributed by atoms with Gasteiger partial charge in [-0.05, 0) is 56.3 Å². The average Bonchev–Trinajstić information content (AvgIpc) is 2.95. The van der Waals surface area contributed by atoms with Crippen LogP contribution in [0.25, 0.3) is 0 Å². The van der Waals surface area contributed by atoms with Crippen LogP contribution in [0.5, 0.6) is 0 Å². The fraction of sp³-hybridized carbons (Fsp3) is 0.250. The van der Waals surface area contributed by atoms with Gasteiger partial charge < -0.3 is 5.32 Å². The molecule has 0 spiro atoms. The number of hydrogen-bond acceptors (Lipinski definition) is 5. The lowest BCUT2D eigenvalue weighted by atomic mass is 10.1. The number of carbonyl (C=O) groups is 3. The predicted octanol–water partition coefficient (Wildman–Crippen LogP) is 2.05. The van der Waals surface area contributed by atoms with E-state index in [1.807, 2.05) is 0 Å². The third-order valence-corrected chi connectivity index (χ3v) is 6.25. The highest BCUT2D eigenvalue weighted by atomic mass is 35.5. The molecule has 1 heterocycles. The second-order valence-corrected chi connectivity index (χ2v) is 9.15. The molecule has 0 aliphatic carbocycles. The summed E-state index contributed by atoms with van der Waals surface area (Å²) in [4.78, 5) is 38.3. The summed E-state index contributed by atoms with van der Waals surface area (Å²) in [6.45, 7) is 3.48. The molecule has 0 atom stereocenters. The van der Waals surface area contributed by atoms with Crippen LogP contribution >= 0.6 is 11.6 Å². The molecule has 1 aliphatic heterocycles. The van der Waals surface area contributed by atoms with Crippen molar-refractivity contribution in [2.24, 2.45) is 0 Å². The summed E-state index contributed by atoms with van der Waals surface area (Å²) >= 11 is 5.75. The number of halogens is 1. The minimum absolute atomic E-state index is 0.0276. The molecule has 0 fully saturated rings. The standard InChI is InChI=1S/C20H20ClN3O5S/c1-12(2)24-19(26)16-8-3-13(11-17(16)20(24)27)18(25)22-9-10-23-30(28,29)15-6-4-14(21)5-7-15/h3-8,11-12,23H,9-10H2,1-2H3,(H,22,25). The molecule has 30 heavy (non-hydrogen) atoms. The van der Waals surface area contributed by atoms with E-state index in [2.05, 4.69) is 10.0 Å². The number of imide groups is 1. The van der Waals surface area contributed by atoms with Crippen molar-refractivity contribution in [3.63, 3.8) is 0 Å². The fourth-order valence-electron chi connectivity index (χ4n) is 3.03. The fourth-order valence-corrected chi connectivity index (χ4v) is 4.19. The molecule has 3 rings (SSSR count). The lowest BCUT2D eigenvalue weighted by Crippen LogP contribution is -2.36. The lowest BCUT2D eigenvalue weighted by molar-refractivity contribution is 0.0609. The molecule has 0 aromatic heterocycles. The Balaban J connectivity index is 1.60. The molecule has 8 nitrogen and oxygen atoms in total. The Kier molecular flexibility index (Phi) is 6.25. The van der Waals surface area contributed by atoms with Crippen molar-refractivity contribution < 1.29 is 22.8 Å². The van der Waals surface area contributed by atoms with Crippen LogP contribution in [0.3, 0.4) is 0 Å². The van der Waals surface area contributed by atoms with E-state index in [0.717, 1.165) is 4.90 Å². The molecule has 0 saturated carbocycles. The summed E-state index contributed by atoms with van der Waals surface area (Å²) in [6, 6.07) is 9.71. The van der Waals surface area contributed by atoms with Crippen molar-refractivity contribution in [1.82, 2.24) is 14.9 Å². The van der Waals surface area contributed by atoms with Gasteiger partial charge in [-0.25, -0.2) is 13.1 Å². The molecule has 0 bridgehead atoms. The maximum Gasteiger partial charge on any atom is 0.261 e. The number of carbonyl (C=O) groups excluding carboxylic acids is 3. The van der Waals surface area contributed by atoms with Crippen molar-refractivity contribution in [2.45, 2.75) is 24.8 Å². The molecular weight excluding hydrogens is 430 g/mol. The molecule has 3 amide bonds. The van der Waals surface area contributed by atoms with E-state index in [-0.39, 0.29) is 46.6 Å². The SMILES string of the molecule is CC(C)N1C(=O)c2ccc(C(=O)NCCNS(=O)(=O)c3ccc(Cl)cc3)cc2C1=O. The third kappa shape index (κ3) is 4.38. The first kappa shape index (κ1) is 21.9. The zero-order chi connectivity index (χ0) is 22.1. The molecule has 10 heteroatoms. The molecule has 0 radical (unpaired) electrons. The highest BCUT2D eigenvalue weighted by molar-refractivity contribution is 7.89. The zero-order valence-corrected chi connectivity index (χ0v) is 17.9. The summed E-state index contributed by atoms with van der Waals surface area (Å²) in [7, 11) is -3.72. The average molecular weight is 450 g/mol. The molecule has 2 N–H and O–H groups in total. The van der Waals surface area contributed by atoms with Gasteiger partial charge in [0.2, 0.25) is 10.0 Å². The molecule has 2 aromatic rings. The first-order chi connectivity index (χ1) is 14.1. The van der Waals surface area contributed by atoms with Gasteiger partial charge in [0.15, 0.2) is 0 Å². The van der Waals surface area contributed by atoms with Crippen LogP contribution in [0.2, 0.25) is 5.02 Å². The molecule has 2 aromatic carbocycles. The van der Waals surface area contributed by atoms with E-state index < -0.39 is 21.8 Å². The van der Waals surface area contributed by atoms with Crippen molar-refractivity contribution in [1.29, 1.82) is 0 Å². The second-order valence-electron chi connectivity index (χ2n) is 6.94. The number of nitrogens with zero attached hydrogens (tertiary/aromatic N) is 1. The molecule has 158 valence electrons. The van der Waals surface area contributed by atoms with Crippen molar-refractivity contribution >= 4 is 39.3 Å². The van der Waals surface area contributed by atoms with Gasteiger partial charge in [-0.2, -0.15) is 0 Å². The summed E-state index contributed by atoms with van der Waals surface area (Å²) < 4.78 is 26.8. The number of amides is 3. The number of nitrogens with one attached hydrogen (secondary N) is 2. The largest absolute Gasteiger partial charge is 0.351 e. The highest BCUT2D eigenvalue weighted by Crippen LogP contribution is 2.25. The van der Waals surface area contributed by atoms with Crippen LogP contribution in [0.1, 0.15) is 44.9 Å². The van der Waals surface area contributed by atoms with Gasteiger partial charge in [-0.3, -0.25) is 19.3 Å². The topological polar surface area (TPSA) is 113 Å². The Bertz CT molecular complexity index is 1110. The zero-order valence-electron chi connectivity index (χ0n) is 16.3. The lowest BCUT2D eigenvalue weighted by Gasteiger charge is -2.17. The van der Waals surface area contributed by atoms with Gasteiger partial charge in [0.25, 0.3) is 17.7 Å². The summed E-state index contributed by atoms with van der Waals surface area (Å²) in [5.74, 6) is -1.30. The Labute approximate surface area is 179 Å². The molecule has 0 unspecified atom stereocenters. The van der Waals surface area contributed by atoms with Crippen LogP contribution in [0.4, 0.5) is 0 Å². The number of rotatable bonds is 7. The van der Waals surface area contributed by atoms with Gasteiger partial charge in [0, 0.05) is 29.7 Å². The quantitative estimate of drug-likeness (QED) is 0.496. The smallest absolute Gasteiger partial charge is 0.261 e. The van der Waals surface area contributed by atoms with Crippen LogP contribution in [0, 0.1) is 0 Å². The molecular formula is C20H20ClN3O5S. The van der Waals surface area contributed by atoms with Crippen molar-refractivity contribution in [3.05, 3.63) is 64.2 Å². The predicted molar refractivity (Wildman–Crippen MR) is 111 cm³/mol. The summed E-state index contributed by atoms with van der Waals surface area (Å²) in [6.07, 6.45) is 0. The Morgan fingerprint density at radius 3 is 2.27 bits per heavy atom. The maximum atomic E-state index is 12.4. The monoisotopic (exact) mass is 449 g/mol. The number of fused-ring (bicyclic) bond motifs is 1. The van der Waals surface area contributed by atoms with Gasteiger partial charge in [0.05, 0.1) is 16.0 Å². The van der Waals surface area contributed by atoms with Crippen molar-refractivity contribution in [3.8, 4) is 0 Å². The van der Waals surface area contributed by atoms with Crippen molar-refractivity contribution in [2.75, 3.05) is 13.1 Å². The van der Waals surface area contributed by atoms with Gasteiger partial charge in [-0.15, -0.1) is 0 Å². The van der Waals surface area contributed by atoms with Crippen LogP contribution in [-0.4, -0.2) is 50.2 Å². The van der Waals surface area contributed by atoms with Crippen LogP contribution < -0.4 is 10.0 Å². The van der Waals surface area contributed by atoms with E-state index in [9.17, 15) is 22.8 Å². The number of hydrogen-bond donors (Lipinski definition) is 2. The van der Waals surface area contributed by atoms with E-state index in [1.165, 1.54) is 42.5 Å². The number of benzene rings is 2. The van der Waals surface area contributed by atoms with Crippen LogP contribution in [-0.2, 0) is 10.0 Å². The number of sulfonamides is 1. The minimum atomic E-state index is -3.72. The first-order valence-corrected chi connectivity index (χ1v) is 11.0. The Morgan fingerprint density at radius 1 is 1.00 bits per heavy atom. The van der Waals surface area contributed by atoms with E-state index in [4.69, 9.17) is 11.6 Å². The summed E-state index contributed by atoms with van der Waals surface area (Å²) in [5, 5.41) is 3.01. The van der Waals surface area contributed by atoms with E-state index >= 15 is 0 Å². The first-order valence-electron chi connectivity index (χ1n) is 9.17. The van der Waals surface area contributed by atoms with Crippen LogP contribution in [0.15, 0.2) is 47.4 Å². The molecule has 1 aliphatic rings. The maximum absolute atomic E-state index is 12.4. The van der Waals surface area contributed by atoms with Gasteiger partial charge in [-0.1, -0.05) is 11.6 Å². The minimum Gasteiger partial charge on any atom is -0.351 e. The normalized spacial score (nSPS) is 13.7. The highest BCUT2D eigenvalue weighted by Gasteiger charge is 2.37. The Morgan fingerprint density at radius 2 is 1.63 bits per heavy atom.